The second-order valence-corrected chi connectivity index (χ2v) is 11.8. The first-order chi connectivity index (χ1) is 19.8. The molecule has 5 heterocycles. The van der Waals surface area contributed by atoms with Crippen molar-refractivity contribution in [2.45, 2.75) is 51.7 Å². The summed E-state index contributed by atoms with van der Waals surface area (Å²) in [7, 11) is 0. The lowest BCUT2D eigenvalue weighted by Crippen LogP contribution is -2.45. The third-order valence-electron chi connectivity index (χ3n) is 8.53. The summed E-state index contributed by atoms with van der Waals surface area (Å²) < 4.78 is 3.18. The number of benzene rings is 1. The maximum absolute atomic E-state index is 13.3. The molecule has 0 amide bonds. The number of hydrogen-bond acceptors (Lipinski definition) is 8. The number of fused-ring (bicyclic) bond motifs is 1. The molecule has 214 valence electrons. The minimum Gasteiger partial charge on any atom is -0.384 e. The molecule has 10 heteroatoms. The van der Waals surface area contributed by atoms with E-state index < -0.39 is 5.60 Å². The predicted molar refractivity (Wildman–Crippen MR) is 162 cm³/mol. The Balaban J connectivity index is 1.26. The molecular formula is C31H38N8O2. The van der Waals surface area contributed by atoms with Gasteiger partial charge in [-0.25, -0.2) is 19.3 Å². The summed E-state index contributed by atoms with van der Waals surface area (Å²) in [5.74, 6) is 0.847. The van der Waals surface area contributed by atoms with Gasteiger partial charge in [0.25, 0.3) is 5.56 Å². The van der Waals surface area contributed by atoms with Gasteiger partial charge in [0.15, 0.2) is 11.5 Å². The van der Waals surface area contributed by atoms with Crippen LogP contribution < -0.4 is 21.1 Å². The number of nitrogens with zero attached hydrogens (tertiary/aromatic N) is 6. The van der Waals surface area contributed by atoms with Crippen LogP contribution in [-0.4, -0.2) is 55.6 Å². The van der Waals surface area contributed by atoms with E-state index in [9.17, 15) is 9.90 Å². The average Bonchev–Trinajstić information content (AvgIpc) is 3.24. The highest BCUT2D eigenvalue weighted by atomic mass is 16.3. The van der Waals surface area contributed by atoms with E-state index in [0.717, 1.165) is 31.9 Å². The topological polar surface area (TPSA) is 113 Å². The van der Waals surface area contributed by atoms with Crippen LogP contribution in [0.2, 0.25) is 0 Å². The molecule has 3 N–H and O–H groups in total. The van der Waals surface area contributed by atoms with Gasteiger partial charge in [-0.15, -0.1) is 6.58 Å². The van der Waals surface area contributed by atoms with E-state index in [1.165, 1.54) is 36.1 Å². The van der Waals surface area contributed by atoms with Crippen LogP contribution in [0, 0.1) is 5.41 Å². The minimum atomic E-state index is -1.14. The monoisotopic (exact) mass is 554 g/mol. The Kier molecular flexibility index (Phi) is 7.13. The smallest absolute Gasteiger partial charge is 0.278 e. The fraction of sp³-hybridized carbons (Fsp3) is 0.419. The Morgan fingerprint density at radius 2 is 1.80 bits per heavy atom. The number of pyridine rings is 1. The number of piperidine rings is 2. The molecule has 0 saturated carbocycles. The van der Waals surface area contributed by atoms with Crippen LogP contribution in [0.3, 0.4) is 0 Å². The van der Waals surface area contributed by atoms with Crippen LogP contribution in [0.4, 0.5) is 17.3 Å². The molecule has 4 aromatic rings. The van der Waals surface area contributed by atoms with Crippen molar-refractivity contribution in [3.63, 3.8) is 0 Å². The standard InChI is InChI=1S/C31H38N8O2/c1-4-18-38-28(40)24-21-33-29(36-27(24)39(38)26-7-5-6-25(35-26)30(2,3)41)34-22-8-10-23(11-9-22)37-19-14-31(15-20-37)12-16-32-17-13-31/h4-11,21,32,41H,1,12-20H2,2-3H3,(H,33,34,36). The molecule has 10 nitrogen and oxygen atoms in total. The van der Waals surface area contributed by atoms with Gasteiger partial charge in [-0.1, -0.05) is 12.1 Å². The van der Waals surface area contributed by atoms with E-state index >= 15 is 0 Å². The van der Waals surface area contributed by atoms with Gasteiger partial charge in [0.2, 0.25) is 5.95 Å². The number of nitrogens with one attached hydrogen (secondary N) is 2. The van der Waals surface area contributed by atoms with E-state index in [4.69, 9.17) is 4.98 Å². The first-order valence-electron chi connectivity index (χ1n) is 14.4. The zero-order chi connectivity index (χ0) is 28.6. The zero-order valence-electron chi connectivity index (χ0n) is 23.8. The summed E-state index contributed by atoms with van der Waals surface area (Å²) >= 11 is 0. The molecular weight excluding hydrogens is 516 g/mol. The van der Waals surface area contributed by atoms with Crippen LogP contribution in [0.25, 0.3) is 16.9 Å². The number of anilines is 3. The van der Waals surface area contributed by atoms with Gasteiger partial charge < -0.3 is 20.6 Å². The molecule has 0 aliphatic carbocycles. The van der Waals surface area contributed by atoms with Crippen molar-refractivity contribution in [2.75, 3.05) is 36.4 Å². The number of hydrogen-bond donors (Lipinski definition) is 3. The minimum absolute atomic E-state index is 0.237. The molecule has 2 aliphatic rings. The molecule has 0 radical (unpaired) electrons. The van der Waals surface area contributed by atoms with Crippen molar-refractivity contribution < 1.29 is 5.11 Å². The number of rotatable bonds is 7. The lowest BCUT2D eigenvalue weighted by Gasteiger charge is -2.45. The van der Waals surface area contributed by atoms with Crippen molar-refractivity contribution in [1.82, 2.24) is 29.6 Å². The van der Waals surface area contributed by atoms with E-state index in [-0.39, 0.29) is 12.1 Å². The van der Waals surface area contributed by atoms with Crippen molar-refractivity contribution in [3.05, 3.63) is 77.4 Å². The summed E-state index contributed by atoms with van der Waals surface area (Å²) in [6.45, 7) is 11.9. The van der Waals surface area contributed by atoms with Gasteiger partial charge in [-0.05, 0) is 94.4 Å². The molecule has 6 rings (SSSR count). The maximum atomic E-state index is 13.3. The number of aromatic nitrogens is 5. The van der Waals surface area contributed by atoms with Gasteiger partial charge >= 0.3 is 0 Å². The molecule has 2 aliphatic heterocycles. The Morgan fingerprint density at radius 1 is 1.07 bits per heavy atom. The van der Waals surface area contributed by atoms with Gasteiger partial charge in [0.05, 0.1) is 12.2 Å². The third-order valence-corrected chi connectivity index (χ3v) is 8.53. The Hall–Kier alpha value is -4.02. The molecule has 0 atom stereocenters. The number of allylic oxidation sites excluding steroid dienone is 1. The quantitative estimate of drug-likeness (QED) is 0.293. The largest absolute Gasteiger partial charge is 0.384 e. The van der Waals surface area contributed by atoms with Crippen LogP contribution in [0.1, 0.15) is 45.2 Å². The predicted octanol–water partition coefficient (Wildman–Crippen LogP) is 4.10. The van der Waals surface area contributed by atoms with Crippen LogP contribution in [0.5, 0.6) is 0 Å². The van der Waals surface area contributed by atoms with E-state index in [0.29, 0.717) is 33.9 Å². The molecule has 0 bridgehead atoms. The highest BCUT2D eigenvalue weighted by Crippen LogP contribution is 2.40. The molecule has 0 unspecified atom stereocenters. The third kappa shape index (κ3) is 5.37. The molecule has 3 aromatic heterocycles. The van der Waals surface area contributed by atoms with Crippen molar-refractivity contribution in [1.29, 1.82) is 0 Å². The van der Waals surface area contributed by atoms with Gasteiger partial charge in [0, 0.05) is 30.7 Å². The summed E-state index contributed by atoms with van der Waals surface area (Å²) in [6.07, 6.45) is 8.28. The Labute approximate surface area is 239 Å². The zero-order valence-corrected chi connectivity index (χ0v) is 23.8. The molecule has 2 fully saturated rings. The maximum Gasteiger partial charge on any atom is 0.278 e. The molecule has 1 spiro atoms. The van der Waals surface area contributed by atoms with Gasteiger partial charge in [-0.2, -0.15) is 4.98 Å². The number of aliphatic hydroxyl groups is 1. The van der Waals surface area contributed by atoms with E-state index in [1.807, 2.05) is 12.1 Å². The van der Waals surface area contributed by atoms with Crippen LogP contribution in [0.15, 0.2) is 66.1 Å². The van der Waals surface area contributed by atoms with E-state index in [1.54, 1.807) is 49.0 Å². The molecule has 1 aromatic carbocycles. The van der Waals surface area contributed by atoms with Crippen LogP contribution in [-0.2, 0) is 12.1 Å². The second-order valence-electron chi connectivity index (χ2n) is 11.8. The summed E-state index contributed by atoms with van der Waals surface area (Å²) in [5, 5.41) is 17.7. The highest BCUT2D eigenvalue weighted by molar-refractivity contribution is 5.77. The first kappa shape index (κ1) is 27.2. The van der Waals surface area contributed by atoms with Crippen molar-refractivity contribution in [3.8, 4) is 5.82 Å². The summed E-state index contributed by atoms with van der Waals surface area (Å²) in [6, 6.07) is 13.7. The Morgan fingerprint density at radius 3 is 2.49 bits per heavy atom. The summed E-state index contributed by atoms with van der Waals surface area (Å²) in [4.78, 5) is 29.6. The van der Waals surface area contributed by atoms with E-state index in [2.05, 4.69) is 44.2 Å². The fourth-order valence-corrected chi connectivity index (χ4v) is 6.07. The SMILES string of the molecule is C=CCn1c(=O)c2cnc(Nc3ccc(N4CCC5(CCNCC5)CC4)cc3)nc2n1-c1cccc(C(C)(C)O)n1. The lowest BCUT2D eigenvalue weighted by molar-refractivity contribution is 0.0738. The summed E-state index contributed by atoms with van der Waals surface area (Å²) in [5.41, 5.74) is 2.15. The lowest BCUT2D eigenvalue weighted by atomic mass is 9.71. The molecule has 41 heavy (non-hydrogen) atoms. The normalized spacial score (nSPS) is 17.2. The Bertz CT molecular complexity index is 1600. The van der Waals surface area contributed by atoms with Gasteiger partial charge in [0.1, 0.15) is 11.0 Å². The van der Waals surface area contributed by atoms with Crippen LogP contribution >= 0.6 is 0 Å². The second kappa shape index (κ2) is 10.8. The van der Waals surface area contributed by atoms with Gasteiger partial charge in [-0.3, -0.25) is 4.79 Å². The molecule has 2 saturated heterocycles. The highest BCUT2D eigenvalue weighted by Gasteiger charge is 2.35. The first-order valence-corrected chi connectivity index (χ1v) is 14.4. The average molecular weight is 555 g/mol. The fourth-order valence-electron chi connectivity index (χ4n) is 6.07. The van der Waals surface area contributed by atoms with Crippen molar-refractivity contribution >= 4 is 28.4 Å². The van der Waals surface area contributed by atoms with Crippen molar-refractivity contribution in [2.24, 2.45) is 5.41 Å².